The first-order valence-corrected chi connectivity index (χ1v) is 18.2. The molecule has 0 heterocycles. The number of hydrogen-bond donors (Lipinski definition) is 3. The van der Waals surface area contributed by atoms with Crippen molar-refractivity contribution >= 4 is 13.7 Å². The van der Waals surface area contributed by atoms with Crippen LogP contribution in [0.1, 0.15) is 129 Å². The lowest BCUT2D eigenvalue weighted by atomic mass is 10.1. The molecule has 0 aliphatic heterocycles. The van der Waals surface area contributed by atoms with Gasteiger partial charge in [0.1, 0.15) is 13.2 Å². The molecule has 0 saturated carbocycles. The Morgan fingerprint density at radius 1 is 0.786 bits per heavy atom. The summed E-state index contributed by atoms with van der Waals surface area (Å²) >= 11 is 0. The molecular weight excluding hydrogens is 551 g/mol. The fourth-order valence-corrected chi connectivity index (χ4v) is 5.14. The Bertz CT molecular complexity index is 753. The van der Waals surface area contributed by atoms with E-state index in [9.17, 15) is 19.4 Å². The second-order valence-electron chi connectivity index (χ2n) is 12.5. The van der Waals surface area contributed by atoms with Crippen LogP contribution in [0.3, 0.4) is 0 Å². The molecule has 0 spiro atoms. The Kier molecular flexibility index (Phi) is 25.7. The lowest BCUT2D eigenvalue weighted by molar-refractivity contribution is -0.870. The fourth-order valence-electron chi connectivity index (χ4n) is 4.41. The predicted octanol–water partition coefficient (Wildman–Crippen LogP) is 7.85. The van der Waals surface area contributed by atoms with Gasteiger partial charge in [0.05, 0.1) is 39.9 Å². The number of allylic oxidation sites excluding steroid dienone is 3. The first-order valence-electron chi connectivity index (χ1n) is 16.7. The standard InChI is InChI=1S/C33H65N2O6P/c1-6-8-10-12-14-15-16-17-18-19-21-22-24-26-32(36)31(30-41-42(38,39)40-29-28-35(3,4)5)34-33(37)27-25-23-20-13-11-9-7-2/h18-19,24,26,31-32,36H,6-17,20-23,25,27-30H2,1-5H3,(H-,34,37,38,39)/p+1/b19-18+,26-24+. The molecule has 3 unspecified atom stereocenters. The molecule has 0 aliphatic carbocycles. The number of phosphoric acid groups is 1. The van der Waals surface area contributed by atoms with E-state index in [1.807, 2.05) is 27.2 Å². The number of nitrogens with zero attached hydrogens (tertiary/aromatic N) is 1. The minimum atomic E-state index is -4.32. The SMILES string of the molecule is CCCCCCCCC/C=C/CC/C=C/C(O)C(COP(=O)(O)OCC[N+](C)(C)C)NC(=O)CCCCCCCCC. The van der Waals surface area contributed by atoms with Crippen molar-refractivity contribution in [3.63, 3.8) is 0 Å². The molecule has 248 valence electrons. The Balaban J connectivity index is 4.67. The van der Waals surface area contributed by atoms with Gasteiger partial charge in [0.25, 0.3) is 0 Å². The quantitative estimate of drug-likeness (QED) is 0.0342. The van der Waals surface area contributed by atoms with Gasteiger partial charge in [-0.25, -0.2) is 4.57 Å². The van der Waals surface area contributed by atoms with Crippen LogP contribution >= 0.6 is 7.82 Å². The molecule has 0 rings (SSSR count). The maximum Gasteiger partial charge on any atom is 0.472 e. The zero-order chi connectivity index (χ0) is 31.5. The van der Waals surface area contributed by atoms with E-state index < -0.39 is 20.0 Å². The van der Waals surface area contributed by atoms with E-state index in [1.165, 1.54) is 70.6 Å². The van der Waals surface area contributed by atoms with Gasteiger partial charge in [-0.2, -0.15) is 0 Å². The smallest absolute Gasteiger partial charge is 0.387 e. The Morgan fingerprint density at radius 3 is 1.90 bits per heavy atom. The summed E-state index contributed by atoms with van der Waals surface area (Å²) in [5.41, 5.74) is 0. The van der Waals surface area contributed by atoms with Gasteiger partial charge in [-0.15, -0.1) is 0 Å². The average molecular weight is 618 g/mol. The third kappa shape index (κ3) is 27.8. The number of amides is 1. The van der Waals surface area contributed by atoms with Crippen LogP contribution in [0.4, 0.5) is 0 Å². The first kappa shape index (κ1) is 41.0. The number of phosphoric ester groups is 1. The molecule has 3 atom stereocenters. The second kappa shape index (κ2) is 26.4. The highest BCUT2D eigenvalue weighted by Gasteiger charge is 2.27. The summed E-state index contributed by atoms with van der Waals surface area (Å²) in [5, 5.41) is 13.6. The van der Waals surface area contributed by atoms with Crippen LogP contribution in [0.2, 0.25) is 0 Å². The number of aliphatic hydroxyl groups is 1. The van der Waals surface area contributed by atoms with Crippen molar-refractivity contribution < 1.29 is 32.9 Å². The van der Waals surface area contributed by atoms with E-state index in [-0.39, 0.29) is 19.1 Å². The van der Waals surface area contributed by atoms with Gasteiger partial charge in [0, 0.05) is 6.42 Å². The summed E-state index contributed by atoms with van der Waals surface area (Å²) in [6, 6.07) is -0.853. The lowest BCUT2D eigenvalue weighted by Crippen LogP contribution is -2.45. The molecule has 0 aromatic heterocycles. The highest BCUT2D eigenvalue weighted by molar-refractivity contribution is 7.47. The highest BCUT2D eigenvalue weighted by atomic mass is 31.2. The summed E-state index contributed by atoms with van der Waals surface area (Å²) in [6.07, 6.45) is 26.8. The molecule has 0 saturated heterocycles. The number of nitrogens with one attached hydrogen (secondary N) is 1. The van der Waals surface area contributed by atoms with Gasteiger partial charge in [-0.05, 0) is 32.1 Å². The zero-order valence-corrected chi connectivity index (χ0v) is 28.6. The molecule has 0 bridgehead atoms. The van der Waals surface area contributed by atoms with Crippen LogP contribution < -0.4 is 5.32 Å². The fraction of sp³-hybridized carbons (Fsp3) is 0.848. The maximum atomic E-state index is 12.6. The summed E-state index contributed by atoms with van der Waals surface area (Å²) in [6.45, 7) is 4.69. The maximum absolute atomic E-state index is 12.6. The van der Waals surface area contributed by atoms with Gasteiger partial charge in [-0.1, -0.05) is 115 Å². The van der Waals surface area contributed by atoms with E-state index in [0.717, 1.165) is 38.5 Å². The Labute approximate surface area is 258 Å². The molecule has 8 nitrogen and oxygen atoms in total. The number of carbonyl (C=O) groups excluding carboxylic acids is 1. The van der Waals surface area contributed by atoms with Crippen molar-refractivity contribution in [2.45, 2.75) is 142 Å². The van der Waals surface area contributed by atoms with Gasteiger partial charge in [-0.3, -0.25) is 13.8 Å². The molecule has 9 heteroatoms. The molecule has 1 amide bonds. The van der Waals surface area contributed by atoms with Gasteiger partial charge < -0.3 is 19.8 Å². The van der Waals surface area contributed by atoms with Crippen LogP contribution in [-0.2, 0) is 18.4 Å². The predicted molar refractivity (Wildman–Crippen MR) is 175 cm³/mol. The normalized spacial score (nSPS) is 15.3. The molecule has 3 N–H and O–H groups in total. The van der Waals surface area contributed by atoms with E-state index in [2.05, 4.69) is 31.3 Å². The van der Waals surface area contributed by atoms with Crippen LogP contribution in [0, 0.1) is 0 Å². The molecule has 0 fully saturated rings. The van der Waals surface area contributed by atoms with Gasteiger partial charge in [0.2, 0.25) is 5.91 Å². The van der Waals surface area contributed by atoms with Crippen LogP contribution in [-0.4, -0.2) is 73.4 Å². The number of aliphatic hydroxyl groups excluding tert-OH is 1. The van der Waals surface area contributed by atoms with E-state index in [0.29, 0.717) is 17.4 Å². The molecule has 42 heavy (non-hydrogen) atoms. The van der Waals surface area contributed by atoms with E-state index in [1.54, 1.807) is 6.08 Å². The summed E-state index contributed by atoms with van der Waals surface area (Å²) in [4.78, 5) is 22.7. The minimum Gasteiger partial charge on any atom is -0.387 e. The Morgan fingerprint density at radius 2 is 1.31 bits per heavy atom. The van der Waals surface area contributed by atoms with Crippen molar-refractivity contribution in [2.75, 3.05) is 40.9 Å². The van der Waals surface area contributed by atoms with E-state index >= 15 is 0 Å². The number of likely N-dealkylation sites (N-methyl/N-ethyl adjacent to an activating group) is 1. The lowest BCUT2D eigenvalue weighted by Gasteiger charge is -2.25. The van der Waals surface area contributed by atoms with Crippen molar-refractivity contribution in [1.82, 2.24) is 5.32 Å². The Hall–Kier alpha value is -1.02. The topological polar surface area (TPSA) is 105 Å². The second-order valence-corrected chi connectivity index (χ2v) is 14.0. The molecule has 0 aromatic rings. The third-order valence-electron chi connectivity index (χ3n) is 7.17. The molecule has 0 aliphatic rings. The number of rotatable bonds is 29. The third-order valence-corrected chi connectivity index (χ3v) is 8.16. The van der Waals surface area contributed by atoms with Crippen molar-refractivity contribution in [2.24, 2.45) is 0 Å². The van der Waals surface area contributed by atoms with Crippen LogP contribution in [0.25, 0.3) is 0 Å². The van der Waals surface area contributed by atoms with Crippen LogP contribution in [0.15, 0.2) is 24.3 Å². The largest absolute Gasteiger partial charge is 0.472 e. The van der Waals surface area contributed by atoms with Crippen molar-refractivity contribution in [3.8, 4) is 0 Å². The number of unbranched alkanes of at least 4 members (excludes halogenated alkanes) is 14. The zero-order valence-electron chi connectivity index (χ0n) is 27.7. The highest BCUT2D eigenvalue weighted by Crippen LogP contribution is 2.43. The summed E-state index contributed by atoms with van der Waals surface area (Å²) in [5.74, 6) is -0.198. The monoisotopic (exact) mass is 617 g/mol. The van der Waals surface area contributed by atoms with E-state index in [4.69, 9.17) is 9.05 Å². The number of carbonyl (C=O) groups is 1. The minimum absolute atomic E-state index is 0.0570. The average Bonchev–Trinajstić information content (AvgIpc) is 2.92. The first-order chi connectivity index (χ1) is 20.0. The number of quaternary nitrogens is 1. The summed E-state index contributed by atoms with van der Waals surface area (Å²) < 4.78 is 23.3. The van der Waals surface area contributed by atoms with Crippen molar-refractivity contribution in [1.29, 1.82) is 0 Å². The number of hydrogen-bond acceptors (Lipinski definition) is 5. The van der Waals surface area contributed by atoms with Crippen molar-refractivity contribution in [3.05, 3.63) is 24.3 Å². The molecular formula is C33H66N2O6P+. The summed E-state index contributed by atoms with van der Waals surface area (Å²) in [7, 11) is 1.55. The van der Waals surface area contributed by atoms with Gasteiger partial charge >= 0.3 is 7.82 Å². The molecule has 0 radical (unpaired) electrons. The van der Waals surface area contributed by atoms with Crippen LogP contribution in [0.5, 0.6) is 0 Å². The molecule has 0 aromatic carbocycles. The van der Waals surface area contributed by atoms with Gasteiger partial charge in [0.15, 0.2) is 0 Å².